The third-order valence-corrected chi connectivity index (χ3v) is 9.45. The van der Waals surface area contributed by atoms with E-state index in [1.807, 2.05) is 42.5 Å². The molecule has 49 heavy (non-hydrogen) atoms. The lowest BCUT2D eigenvalue weighted by Crippen LogP contribution is -2.10. The molecule has 230 valence electrons. The van der Waals surface area contributed by atoms with Gasteiger partial charge in [-0.25, -0.2) is 4.98 Å². The van der Waals surface area contributed by atoms with Crippen molar-refractivity contribution in [1.82, 2.24) is 4.98 Å². The minimum absolute atomic E-state index is 0.613. The number of rotatable bonds is 5. The lowest BCUT2D eigenvalue weighted by atomic mass is 9.92. The number of para-hydroxylation sites is 3. The number of fused-ring (bicyclic) bond motifs is 8. The fourth-order valence-corrected chi connectivity index (χ4v) is 7.22. The second-order valence-electron chi connectivity index (χ2n) is 12.3. The van der Waals surface area contributed by atoms with Gasteiger partial charge in [0.1, 0.15) is 11.1 Å². The monoisotopic (exact) mass is 628 g/mol. The SMILES string of the molecule is c1ccc(-c2nc3ccc4cc(-c5ccccc5)c5ccc(N(c6ccccc6)c6cccc7c6oc6ccccc67)cc5c4c3o2)cc1. The highest BCUT2D eigenvalue weighted by Crippen LogP contribution is 2.45. The molecule has 10 rings (SSSR count). The van der Waals surface area contributed by atoms with Gasteiger partial charge in [0.15, 0.2) is 11.2 Å². The van der Waals surface area contributed by atoms with Gasteiger partial charge in [0.25, 0.3) is 0 Å². The van der Waals surface area contributed by atoms with Gasteiger partial charge in [-0.2, -0.15) is 0 Å². The summed E-state index contributed by atoms with van der Waals surface area (Å²) in [5.41, 5.74) is 9.64. The molecule has 0 bridgehead atoms. The van der Waals surface area contributed by atoms with Crippen LogP contribution in [0.2, 0.25) is 0 Å². The van der Waals surface area contributed by atoms with E-state index >= 15 is 0 Å². The highest BCUT2D eigenvalue weighted by atomic mass is 16.3. The second-order valence-corrected chi connectivity index (χ2v) is 12.3. The molecule has 0 unspecified atom stereocenters. The van der Waals surface area contributed by atoms with Crippen molar-refractivity contribution in [2.24, 2.45) is 0 Å². The lowest BCUT2D eigenvalue weighted by molar-refractivity contribution is 0.623. The van der Waals surface area contributed by atoms with Crippen LogP contribution in [-0.4, -0.2) is 4.98 Å². The van der Waals surface area contributed by atoms with Gasteiger partial charge < -0.3 is 13.7 Å². The number of hydrogen-bond acceptors (Lipinski definition) is 4. The summed E-state index contributed by atoms with van der Waals surface area (Å²) in [6.45, 7) is 0. The maximum atomic E-state index is 6.64. The van der Waals surface area contributed by atoms with E-state index in [2.05, 4.69) is 132 Å². The Labute approximate surface area is 282 Å². The van der Waals surface area contributed by atoms with Crippen LogP contribution >= 0.6 is 0 Å². The van der Waals surface area contributed by atoms with Gasteiger partial charge in [-0.15, -0.1) is 0 Å². The van der Waals surface area contributed by atoms with Gasteiger partial charge in [0.2, 0.25) is 5.89 Å². The molecule has 4 nitrogen and oxygen atoms in total. The maximum Gasteiger partial charge on any atom is 0.227 e. The van der Waals surface area contributed by atoms with Gasteiger partial charge in [-0.3, -0.25) is 0 Å². The number of oxazole rings is 1. The zero-order valence-electron chi connectivity index (χ0n) is 26.4. The number of benzene rings is 8. The highest BCUT2D eigenvalue weighted by molar-refractivity contribution is 6.22. The Kier molecular flexibility index (Phi) is 6.15. The Morgan fingerprint density at radius 2 is 1.16 bits per heavy atom. The summed E-state index contributed by atoms with van der Waals surface area (Å²) >= 11 is 0. The first kappa shape index (κ1) is 27.5. The van der Waals surface area contributed by atoms with E-state index in [-0.39, 0.29) is 0 Å². The van der Waals surface area contributed by atoms with Crippen LogP contribution in [0.4, 0.5) is 17.1 Å². The van der Waals surface area contributed by atoms with Crippen molar-refractivity contribution in [3.8, 4) is 22.6 Å². The van der Waals surface area contributed by atoms with E-state index in [1.54, 1.807) is 0 Å². The molecule has 0 radical (unpaired) electrons. The zero-order valence-corrected chi connectivity index (χ0v) is 26.4. The minimum Gasteiger partial charge on any atom is -0.454 e. The van der Waals surface area contributed by atoms with Gasteiger partial charge in [0, 0.05) is 33.1 Å². The molecule has 4 heteroatoms. The Balaban J connectivity index is 1.29. The average Bonchev–Trinajstić information content (AvgIpc) is 3.78. The molecule has 0 saturated carbocycles. The summed E-state index contributed by atoms with van der Waals surface area (Å²) in [4.78, 5) is 7.23. The Morgan fingerprint density at radius 1 is 0.449 bits per heavy atom. The molecule has 0 aliphatic heterocycles. The molecule has 2 heterocycles. The minimum atomic E-state index is 0.613. The van der Waals surface area contributed by atoms with Crippen LogP contribution in [0.1, 0.15) is 0 Å². The molecule has 8 aromatic carbocycles. The molecule has 0 aliphatic rings. The molecular formula is C45H28N2O2. The summed E-state index contributed by atoms with van der Waals surface area (Å²) < 4.78 is 13.2. The maximum absolute atomic E-state index is 6.64. The molecule has 2 aromatic heterocycles. The van der Waals surface area contributed by atoms with Crippen LogP contribution < -0.4 is 4.90 Å². The van der Waals surface area contributed by atoms with Crippen molar-refractivity contribution in [3.05, 3.63) is 170 Å². The van der Waals surface area contributed by atoms with Crippen molar-refractivity contribution in [3.63, 3.8) is 0 Å². The Morgan fingerprint density at radius 3 is 1.98 bits per heavy atom. The molecule has 10 aromatic rings. The first-order valence-corrected chi connectivity index (χ1v) is 16.5. The van der Waals surface area contributed by atoms with Crippen molar-refractivity contribution in [2.45, 2.75) is 0 Å². The number of hydrogen-bond donors (Lipinski definition) is 0. The quantitative estimate of drug-likeness (QED) is 0.178. The summed E-state index contributed by atoms with van der Waals surface area (Å²) in [7, 11) is 0. The number of furan rings is 1. The Hall–Kier alpha value is -6.65. The molecule has 0 N–H and O–H groups in total. The van der Waals surface area contributed by atoms with Crippen LogP contribution in [0.25, 0.3) is 77.2 Å². The first-order chi connectivity index (χ1) is 24.3. The molecule has 0 saturated heterocycles. The van der Waals surface area contributed by atoms with Gasteiger partial charge in [-0.05, 0) is 87.9 Å². The predicted octanol–water partition coefficient (Wildman–Crippen LogP) is 12.8. The largest absolute Gasteiger partial charge is 0.454 e. The van der Waals surface area contributed by atoms with Crippen molar-refractivity contribution in [1.29, 1.82) is 0 Å². The van der Waals surface area contributed by atoms with Gasteiger partial charge >= 0.3 is 0 Å². The summed E-state index contributed by atoms with van der Waals surface area (Å²) in [6.07, 6.45) is 0. The van der Waals surface area contributed by atoms with Crippen molar-refractivity contribution >= 4 is 71.6 Å². The molecule has 0 fully saturated rings. The van der Waals surface area contributed by atoms with E-state index in [9.17, 15) is 0 Å². The highest BCUT2D eigenvalue weighted by Gasteiger charge is 2.22. The van der Waals surface area contributed by atoms with E-state index in [0.29, 0.717) is 5.89 Å². The smallest absolute Gasteiger partial charge is 0.227 e. The van der Waals surface area contributed by atoms with E-state index in [4.69, 9.17) is 13.8 Å². The summed E-state index contributed by atoms with van der Waals surface area (Å²) in [6, 6.07) is 59.1. The fourth-order valence-electron chi connectivity index (χ4n) is 7.22. The van der Waals surface area contributed by atoms with Crippen LogP contribution in [0.5, 0.6) is 0 Å². The first-order valence-electron chi connectivity index (χ1n) is 16.5. The predicted molar refractivity (Wildman–Crippen MR) is 202 cm³/mol. The second kappa shape index (κ2) is 11.0. The molecular weight excluding hydrogens is 601 g/mol. The fraction of sp³-hybridized carbons (Fsp3) is 0. The Bertz CT molecular complexity index is 2820. The molecule has 0 atom stereocenters. The van der Waals surface area contributed by atoms with E-state index in [0.717, 1.165) is 82.8 Å². The number of anilines is 3. The van der Waals surface area contributed by atoms with Crippen LogP contribution in [0.15, 0.2) is 179 Å². The number of nitrogens with zero attached hydrogens (tertiary/aromatic N) is 2. The third-order valence-electron chi connectivity index (χ3n) is 9.45. The van der Waals surface area contributed by atoms with E-state index < -0.39 is 0 Å². The normalized spacial score (nSPS) is 11.7. The van der Waals surface area contributed by atoms with E-state index in [1.165, 1.54) is 5.56 Å². The zero-order chi connectivity index (χ0) is 32.3. The lowest BCUT2D eigenvalue weighted by Gasteiger charge is -2.26. The van der Waals surface area contributed by atoms with Gasteiger partial charge in [0.05, 0.1) is 5.69 Å². The standard InChI is InChI=1S/C45H28N2O2/c1-4-13-29(14-5-1)37-27-31-23-26-39-44(49-45(46-39)30-15-6-2-7-16-30)42(31)38-28-33(24-25-34(37)38)47(32-17-8-3-9-18-32)40-21-12-20-36-35-19-10-11-22-41(35)48-43(36)40/h1-28H. The van der Waals surface area contributed by atoms with Crippen LogP contribution in [-0.2, 0) is 0 Å². The summed E-state index contributed by atoms with van der Waals surface area (Å²) in [5.74, 6) is 0.613. The number of aromatic nitrogens is 1. The molecule has 0 amide bonds. The van der Waals surface area contributed by atoms with Crippen molar-refractivity contribution < 1.29 is 8.83 Å². The van der Waals surface area contributed by atoms with Crippen LogP contribution in [0.3, 0.4) is 0 Å². The third kappa shape index (κ3) is 4.42. The van der Waals surface area contributed by atoms with Crippen LogP contribution in [0, 0.1) is 0 Å². The summed E-state index contributed by atoms with van der Waals surface area (Å²) in [5, 5.41) is 6.56. The van der Waals surface area contributed by atoms with Crippen molar-refractivity contribution in [2.75, 3.05) is 4.90 Å². The van der Waals surface area contributed by atoms with Gasteiger partial charge in [-0.1, -0.05) is 109 Å². The average molecular weight is 629 g/mol. The molecule has 0 spiro atoms. The topological polar surface area (TPSA) is 42.4 Å². The molecule has 0 aliphatic carbocycles.